The average molecular weight is 350 g/mol. The van der Waals surface area contributed by atoms with E-state index in [9.17, 15) is 9.90 Å². The van der Waals surface area contributed by atoms with Crippen LogP contribution in [0, 0.1) is 0 Å². The Kier molecular flexibility index (Phi) is 5.76. The molecule has 0 aliphatic rings. The standard InChI is InChI=1S/C20H22N4O2/c1-2-16(14-25)21-19(26)13-18-20(15-9-5-3-6-10-15)24(23-22-18)17-11-7-4-8-12-17/h3-12,16,25H,2,13-14H2,1H3,(H,21,26). The molecule has 0 aliphatic heterocycles. The SMILES string of the molecule is CCC(CO)NC(=O)Cc1nnn(-c2ccccc2)c1-c1ccccc1. The second kappa shape index (κ2) is 8.40. The average Bonchev–Trinajstić information content (AvgIpc) is 3.10. The van der Waals surface area contributed by atoms with Crippen molar-refractivity contribution in [3.05, 3.63) is 66.4 Å². The number of rotatable bonds is 7. The van der Waals surface area contributed by atoms with Crippen LogP contribution in [-0.4, -0.2) is 38.7 Å². The van der Waals surface area contributed by atoms with Crippen LogP contribution < -0.4 is 5.32 Å². The molecule has 1 heterocycles. The molecule has 1 atom stereocenters. The fraction of sp³-hybridized carbons (Fsp3) is 0.250. The minimum atomic E-state index is -0.244. The summed E-state index contributed by atoms with van der Waals surface area (Å²) >= 11 is 0. The molecule has 6 nitrogen and oxygen atoms in total. The van der Waals surface area contributed by atoms with Gasteiger partial charge in [-0.3, -0.25) is 4.79 Å². The summed E-state index contributed by atoms with van der Waals surface area (Å²) in [6, 6.07) is 19.2. The van der Waals surface area contributed by atoms with E-state index in [1.54, 1.807) is 4.68 Å². The van der Waals surface area contributed by atoms with Crippen LogP contribution in [0.4, 0.5) is 0 Å². The van der Waals surface area contributed by atoms with Crippen molar-refractivity contribution in [3.63, 3.8) is 0 Å². The Balaban J connectivity index is 1.96. The van der Waals surface area contributed by atoms with E-state index in [0.717, 1.165) is 16.9 Å². The van der Waals surface area contributed by atoms with Gasteiger partial charge < -0.3 is 10.4 Å². The fourth-order valence-electron chi connectivity index (χ4n) is 2.77. The Labute approximate surface area is 152 Å². The molecule has 0 radical (unpaired) electrons. The summed E-state index contributed by atoms with van der Waals surface area (Å²) in [6.07, 6.45) is 0.776. The first kappa shape index (κ1) is 17.8. The maximum Gasteiger partial charge on any atom is 0.226 e. The Hall–Kier alpha value is -2.99. The summed E-state index contributed by atoms with van der Waals surface area (Å²) in [5.41, 5.74) is 3.22. The van der Waals surface area contributed by atoms with Gasteiger partial charge in [-0.25, -0.2) is 4.68 Å². The molecule has 3 rings (SSSR count). The zero-order chi connectivity index (χ0) is 18.4. The molecule has 6 heteroatoms. The second-order valence-corrected chi connectivity index (χ2v) is 6.03. The van der Waals surface area contributed by atoms with Crippen LogP contribution in [0.5, 0.6) is 0 Å². The van der Waals surface area contributed by atoms with E-state index in [0.29, 0.717) is 12.1 Å². The summed E-state index contributed by atoms with van der Waals surface area (Å²) < 4.78 is 1.75. The van der Waals surface area contributed by atoms with Crippen LogP contribution in [0.25, 0.3) is 16.9 Å². The Morgan fingerprint density at radius 1 is 1.12 bits per heavy atom. The van der Waals surface area contributed by atoms with Crippen molar-refractivity contribution in [3.8, 4) is 16.9 Å². The number of carbonyl (C=O) groups excluding carboxylic acids is 1. The third-order valence-corrected chi connectivity index (χ3v) is 4.19. The van der Waals surface area contributed by atoms with E-state index in [2.05, 4.69) is 15.6 Å². The van der Waals surface area contributed by atoms with Crippen LogP contribution in [0.3, 0.4) is 0 Å². The van der Waals surface area contributed by atoms with Crippen LogP contribution >= 0.6 is 0 Å². The molecule has 0 saturated carbocycles. The van der Waals surface area contributed by atoms with Gasteiger partial charge in [0, 0.05) is 5.56 Å². The number of hydrogen-bond donors (Lipinski definition) is 2. The summed E-state index contributed by atoms with van der Waals surface area (Å²) in [4.78, 5) is 12.4. The summed E-state index contributed by atoms with van der Waals surface area (Å²) in [7, 11) is 0. The predicted octanol–water partition coefficient (Wildman–Crippen LogP) is 2.36. The molecule has 26 heavy (non-hydrogen) atoms. The quantitative estimate of drug-likeness (QED) is 0.685. The molecule has 0 fully saturated rings. The van der Waals surface area contributed by atoms with Gasteiger partial charge in [0.1, 0.15) is 5.69 Å². The Morgan fingerprint density at radius 2 is 1.77 bits per heavy atom. The highest BCUT2D eigenvalue weighted by molar-refractivity contribution is 5.81. The summed E-state index contributed by atoms with van der Waals surface area (Å²) in [6.45, 7) is 1.84. The zero-order valence-corrected chi connectivity index (χ0v) is 14.7. The fourth-order valence-corrected chi connectivity index (χ4v) is 2.77. The number of nitrogens with zero attached hydrogens (tertiary/aromatic N) is 3. The van der Waals surface area contributed by atoms with Crippen LogP contribution in [-0.2, 0) is 11.2 Å². The van der Waals surface area contributed by atoms with Gasteiger partial charge >= 0.3 is 0 Å². The van der Waals surface area contributed by atoms with Crippen molar-refractivity contribution >= 4 is 5.91 Å². The molecular formula is C20H22N4O2. The van der Waals surface area contributed by atoms with Gasteiger partial charge in [-0.15, -0.1) is 5.10 Å². The van der Waals surface area contributed by atoms with E-state index in [-0.39, 0.29) is 25.0 Å². The Morgan fingerprint density at radius 3 is 2.38 bits per heavy atom. The van der Waals surface area contributed by atoms with Gasteiger partial charge in [-0.1, -0.05) is 60.7 Å². The lowest BCUT2D eigenvalue weighted by Gasteiger charge is -2.14. The van der Waals surface area contributed by atoms with Gasteiger partial charge in [0.15, 0.2) is 0 Å². The van der Waals surface area contributed by atoms with E-state index in [1.807, 2.05) is 67.6 Å². The number of aromatic nitrogens is 3. The first-order valence-corrected chi connectivity index (χ1v) is 8.68. The number of para-hydroxylation sites is 1. The molecule has 0 saturated heterocycles. The van der Waals surface area contributed by atoms with Crippen molar-refractivity contribution in [2.75, 3.05) is 6.61 Å². The van der Waals surface area contributed by atoms with E-state index in [1.165, 1.54) is 0 Å². The molecule has 0 spiro atoms. The number of carbonyl (C=O) groups is 1. The summed E-state index contributed by atoms with van der Waals surface area (Å²) in [5.74, 6) is -0.178. The third-order valence-electron chi connectivity index (χ3n) is 4.19. The minimum absolute atomic E-state index is 0.0789. The number of benzene rings is 2. The normalized spacial score (nSPS) is 11.9. The molecule has 134 valence electrons. The molecule has 3 aromatic rings. The highest BCUT2D eigenvalue weighted by atomic mass is 16.3. The topological polar surface area (TPSA) is 80.0 Å². The highest BCUT2D eigenvalue weighted by Gasteiger charge is 2.19. The van der Waals surface area contributed by atoms with Gasteiger partial charge in [0.25, 0.3) is 0 Å². The first-order valence-electron chi connectivity index (χ1n) is 8.68. The van der Waals surface area contributed by atoms with Crippen molar-refractivity contribution in [2.24, 2.45) is 0 Å². The minimum Gasteiger partial charge on any atom is -0.394 e. The monoisotopic (exact) mass is 350 g/mol. The third kappa shape index (κ3) is 3.97. The lowest BCUT2D eigenvalue weighted by Crippen LogP contribution is -2.38. The summed E-state index contributed by atoms with van der Waals surface area (Å²) in [5, 5.41) is 20.6. The van der Waals surface area contributed by atoms with E-state index in [4.69, 9.17) is 0 Å². The molecule has 0 aliphatic carbocycles. The Bertz CT molecular complexity index is 843. The number of amides is 1. The predicted molar refractivity (Wildman–Crippen MR) is 99.8 cm³/mol. The number of aliphatic hydroxyl groups is 1. The number of hydrogen-bond acceptors (Lipinski definition) is 4. The molecule has 2 aromatic carbocycles. The molecule has 1 unspecified atom stereocenters. The maximum absolute atomic E-state index is 12.4. The van der Waals surface area contributed by atoms with Gasteiger partial charge in [0.2, 0.25) is 5.91 Å². The second-order valence-electron chi connectivity index (χ2n) is 6.03. The van der Waals surface area contributed by atoms with Crippen molar-refractivity contribution in [1.29, 1.82) is 0 Å². The lowest BCUT2D eigenvalue weighted by atomic mass is 10.1. The molecule has 0 bridgehead atoms. The van der Waals surface area contributed by atoms with Crippen molar-refractivity contribution in [1.82, 2.24) is 20.3 Å². The van der Waals surface area contributed by atoms with E-state index >= 15 is 0 Å². The zero-order valence-electron chi connectivity index (χ0n) is 14.7. The molecule has 1 aromatic heterocycles. The van der Waals surface area contributed by atoms with Crippen LogP contribution in [0.2, 0.25) is 0 Å². The smallest absolute Gasteiger partial charge is 0.226 e. The maximum atomic E-state index is 12.4. The van der Waals surface area contributed by atoms with Gasteiger partial charge in [-0.2, -0.15) is 0 Å². The van der Waals surface area contributed by atoms with Gasteiger partial charge in [-0.05, 0) is 18.6 Å². The highest BCUT2D eigenvalue weighted by Crippen LogP contribution is 2.25. The van der Waals surface area contributed by atoms with Crippen molar-refractivity contribution < 1.29 is 9.90 Å². The molecular weight excluding hydrogens is 328 g/mol. The largest absolute Gasteiger partial charge is 0.394 e. The molecule has 2 N–H and O–H groups in total. The van der Waals surface area contributed by atoms with E-state index < -0.39 is 0 Å². The van der Waals surface area contributed by atoms with Crippen molar-refractivity contribution in [2.45, 2.75) is 25.8 Å². The van der Waals surface area contributed by atoms with Gasteiger partial charge in [0.05, 0.1) is 30.5 Å². The number of aliphatic hydroxyl groups excluding tert-OH is 1. The van der Waals surface area contributed by atoms with Crippen LogP contribution in [0.1, 0.15) is 19.0 Å². The molecule has 1 amide bonds. The lowest BCUT2D eigenvalue weighted by molar-refractivity contribution is -0.121. The first-order chi connectivity index (χ1) is 12.7. The van der Waals surface area contributed by atoms with Crippen LogP contribution in [0.15, 0.2) is 60.7 Å². The number of nitrogens with one attached hydrogen (secondary N) is 1.